The second kappa shape index (κ2) is 9.00. The second-order valence-electron chi connectivity index (χ2n) is 10.2. The van der Waals surface area contributed by atoms with Gasteiger partial charge >= 0.3 is 5.88 Å². The van der Waals surface area contributed by atoms with E-state index in [1.165, 1.54) is 4.90 Å². The van der Waals surface area contributed by atoms with E-state index in [4.69, 9.17) is 19.9 Å². The fraction of sp³-hybridized carbons (Fsp3) is 0.500. The van der Waals surface area contributed by atoms with E-state index in [1.807, 2.05) is 28.8 Å². The quantitative estimate of drug-likeness (QED) is 0.640. The van der Waals surface area contributed by atoms with Crippen molar-refractivity contribution in [3.05, 3.63) is 53.1 Å². The van der Waals surface area contributed by atoms with Crippen LogP contribution >= 0.6 is 0 Å². The third-order valence-electron chi connectivity index (χ3n) is 7.16. The summed E-state index contributed by atoms with van der Waals surface area (Å²) in [5.41, 5.74) is 9.09. The molecule has 1 saturated heterocycles. The Hall–Kier alpha value is -2.97. The number of nitrogen functional groups attached to an aromatic ring is 1. The Morgan fingerprint density at radius 3 is 2.65 bits per heavy atom. The van der Waals surface area contributed by atoms with Crippen LogP contribution in [-0.4, -0.2) is 50.7 Å². The van der Waals surface area contributed by atoms with Crippen LogP contribution in [0.4, 0.5) is 5.82 Å². The predicted molar refractivity (Wildman–Crippen MR) is 126 cm³/mol. The van der Waals surface area contributed by atoms with Gasteiger partial charge in [0, 0.05) is 18.4 Å². The highest BCUT2D eigenvalue weighted by Gasteiger charge is 2.45. The minimum Gasteiger partial charge on any atom is -0.497 e. The van der Waals surface area contributed by atoms with Gasteiger partial charge in [-0.3, -0.25) is 4.79 Å². The Morgan fingerprint density at radius 2 is 1.94 bits per heavy atom. The summed E-state index contributed by atoms with van der Waals surface area (Å²) < 4.78 is 19.1. The van der Waals surface area contributed by atoms with Crippen molar-refractivity contribution < 1.29 is 28.5 Å². The van der Waals surface area contributed by atoms with E-state index in [9.17, 15) is 4.79 Å². The average Bonchev–Trinajstić information content (AvgIpc) is 2.82. The van der Waals surface area contributed by atoms with E-state index < -0.39 is 0 Å². The van der Waals surface area contributed by atoms with Gasteiger partial charge in [0.05, 0.1) is 26.2 Å². The Morgan fingerprint density at radius 1 is 1.21 bits per heavy atom. The van der Waals surface area contributed by atoms with Crippen LogP contribution in [0.3, 0.4) is 0 Å². The number of benzene rings is 1. The van der Waals surface area contributed by atoms with E-state index in [0.717, 1.165) is 62.0 Å². The van der Waals surface area contributed by atoms with Crippen LogP contribution in [0, 0.1) is 5.41 Å². The number of nitrogens with two attached hydrogens (primary N) is 1. The SMILES string of the molecule is COc1ccc([C@H]2C3=C(CC(C)(C)CC3=O)Oc3nc[n+](CC[NH+]4CCOCC4)c(N)c32)cc1. The molecule has 2 aliphatic heterocycles. The van der Waals surface area contributed by atoms with E-state index in [1.54, 1.807) is 13.4 Å². The number of rotatable bonds is 5. The summed E-state index contributed by atoms with van der Waals surface area (Å²) in [6, 6.07) is 7.85. The van der Waals surface area contributed by atoms with Crippen LogP contribution < -0.4 is 24.7 Å². The third kappa shape index (κ3) is 4.28. The van der Waals surface area contributed by atoms with E-state index in [0.29, 0.717) is 30.1 Å². The topological polar surface area (TPSA) is 92.0 Å². The minimum atomic E-state index is -0.316. The number of allylic oxidation sites excluding steroid dienone is 2. The van der Waals surface area contributed by atoms with Crippen LogP contribution in [-0.2, 0) is 16.1 Å². The standard InChI is InChI=1S/C26H32N4O4/c1-26(2)14-19(31)22-20(15-26)34-25-23(21(22)17-4-6-18(32-3)7-5-17)24(27)30(16-28-25)9-8-29-10-12-33-13-11-29/h4-7,16,21,27H,8-15H2,1-3H3/p+2/t21-/m0/s1. The summed E-state index contributed by atoms with van der Waals surface area (Å²) in [5.74, 6) is 2.38. The number of aromatic nitrogens is 2. The average molecular weight is 467 g/mol. The molecule has 0 unspecified atom stereocenters. The second-order valence-corrected chi connectivity index (χ2v) is 10.2. The van der Waals surface area contributed by atoms with Gasteiger partial charge in [0.2, 0.25) is 12.1 Å². The van der Waals surface area contributed by atoms with Crippen LogP contribution in [0.25, 0.3) is 0 Å². The van der Waals surface area contributed by atoms with Gasteiger partial charge in [0.15, 0.2) is 5.78 Å². The first-order valence-electron chi connectivity index (χ1n) is 12.0. The molecule has 0 spiro atoms. The largest absolute Gasteiger partial charge is 0.497 e. The number of quaternary nitrogens is 1. The van der Waals surface area contributed by atoms with Crippen molar-refractivity contribution in [2.24, 2.45) is 5.41 Å². The first-order chi connectivity index (χ1) is 16.4. The molecule has 1 aromatic carbocycles. The van der Waals surface area contributed by atoms with Crippen molar-refractivity contribution >= 4 is 11.6 Å². The Labute approximate surface area is 200 Å². The lowest BCUT2D eigenvalue weighted by Crippen LogP contribution is -3.14. The summed E-state index contributed by atoms with van der Waals surface area (Å²) in [6.07, 6.45) is 2.94. The molecule has 3 aliphatic rings. The first-order valence-corrected chi connectivity index (χ1v) is 12.0. The van der Waals surface area contributed by atoms with Crippen molar-refractivity contribution in [1.82, 2.24) is 4.98 Å². The minimum absolute atomic E-state index is 0.116. The highest BCUT2D eigenvalue weighted by atomic mass is 16.5. The molecule has 5 rings (SSSR count). The molecular weight excluding hydrogens is 432 g/mol. The van der Waals surface area contributed by atoms with Gasteiger partial charge in [-0.15, -0.1) is 0 Å². The molecular formula is C26H34N4O4+2. The fourth-order valence-electron chi connectivity index (χ4n) is 5.32. The Balaban J connectivity index is 1.56. The summed E-state index contributed by atoms with van der Waals surface area (Å²) in [4.78, 5) is 19.6. The zero-order chi connectivity index (χ0) is 23.9. The number of hydrogen-bond acceptors (Lipinski definition) is 6. The molecule has 0 saturated carbocycles. The van der Waals surface area contributed by atoms with E-state index in [2.05, 4.69) is 18.8 Å². The third-order valence-corrected chi connectivity index (χ3v) is 7.16. The number of ether oxygens (including phenoxy) is 3. The number of anilines is 1. The normalized spacial score (nSPS) is 22.1. The molecule has 0 bridgehead atoms. The highest BCUT2D eigenvalue weighted by Crippen LogP contribution is 2.50. The molecule has 1 fully saturated rings. The zero-order valence-corrected chi connectivity index (χ0v) is 20.2. The number of fused-ring (bicyclic) bond motifs is 1. The number of hydrogen-bond donors (Lipinski definition) is 2. The molecule has 180 valence electrons. The maximum atomic E-state index is 13.4. The van der Waals surface area contributed by atoms with Crippen molar-refractivity contribution in [3.8, 4) is 11.6 Å². The molecule has 3 heterocycles. The van der Waals surface area contributed by atoms with Gasteiger partial charge in [0.1, 0.15) is 43.3 Å². The summed E-state index contributed by atoms with van der Waals surface area (Å²) in [5, 5.41) is 0. The number of nitrogens with zero attached hydrogens (tertiary/aromatic N) is 2. The van der Waals surface area contributed by atoms with Crippen LogP contribution in [0.15, 0.2) is 41.9 Å². The number of ketones is 1. The number of morpholine rings is 1. The van der Waals surface area contributed by atoms with Gasteiger partial charge in [-0.05, 0) is 23.1 Å². The molecule has 1 aliphatic carbocycles. The highest BCUT2D eigenvalue weighted by molar-refractivity contribution is 6.00. The van der Waals surface area contributed by atoms with Gasteiger partial charge < -0.3 is 24.8 Å². The maximum Gasteiger partial charge on any atom is 0.305 e. The van der Waals surface area contributed by atoms with Crippen molar-refractivity contribution in [1.29, 1.82) is 0 Å². The number of nitrogens with one attached hydrogen (secondary N) is 1. The molecule has 1 atom stereocenters. The monoisotopic (exact) mass is 466 g/mol. The molecule has 8 heteroatoms. The van der Waals surface area contributed by atoms with Crippen LogP contribution in [0.2, 0.25) is 0 Å². The Kier molecular flexibility index (Phi) is 6.04. The number of Topliss-reactive ketones (excluding diaryl/α,β-unsaturated/α-hetero) is 1. The molecule has 0 amide bonds. The van der Waals surface area contributed by atoms with Crippen molar-refractivity contribution in [2.45, 2.75) is 39.2 Å². The summed E-state index contributed by atoms with van der Waals surface area (Å²) in [6.45, 7) is 9.46. The van der Waals surface area contributed by atoms with E-state index >= 15 is 0 Å². The van der Waals surface area contributed by atoms with Gasteiger partial charge in [-0.25, -0.2) is 4.57 Å². The lowest BCUT2D eigenvalue weighted by molar-refractivity contribution is -0.925. The number of methoxy groups -OCH3 is 1. The molecule has 34 heavy (non-hydrogen) atoms. The lowest BCUT2D eigenvalue weighted by Gasteiger charge is -2.37. The summed E-state index contributed by atoms with van der Waals surface area (Å²) >= 11 is 0. The number of carbonyl (C=O) groups is 1. The Bertz CT molecular complexity index is 1120. The summed E-state index contributed by atoms with van der Waals surface area (Å²) in [7, 11) is 1.65. The maximum absolute atomic E-state index is 13.4. The molecule has 8 nitrogen and oxygen atoms in total. The molecule has 0 radical (unpaired) electrons. The molecule has 2 aromatic rings. The first kappa shape index (κ1) is 22.8. The van der Waals surface area contributed by atoms with Gasteiger partial charge in [0.25, 0.3) is 0 Å². The van der Waals surface area contributed by atoms with Crippen molar-refractivity contribution in [2.75, 3.05) is 45.7 Å². The smallest absolute Gasteiger partial charge is 0.305 e. The molecule has 1 aromatic heterocycles. The predicted octanol–water partition coefficient (Wildman–Crippen LogP) is 1.04. The van der Waals surface area contributed by atoms with Crippen LogP contribution in [0.1, 0.15) is 43.7 Å². The molecule has 3 N–H and O–H groups in total. The van der Waals surface area contributed by atoms with Crippen LogP contribution in [0.5, 0.6) is 11.6 Å². The van der Waals surface area contributed by atoms with Gasteiger partial charge in [-0.2, -0.15) is 0 Å². The van der Waals surface area contributed by atoms with Crippen molar-refractivity contribution in [3.63, 3.8) is 0 Å². The zero-order valence-electron chi connectivity index (χ0n) is 20.2. The van der Waals surface area contributed by atoms with E-state index in [-0.39, 0.29) is 17.1 Å². The fourth-order valence-corrected chi connectivity index (χ4v) is 5.32. The lowest BCUT2D eigenvalue weighted by atomic mass is 9.70. The van der Waals surface area contributed by atoms with Gasteiger partial charge in [-0.1, -0.05) is 31.0 Å². The number of carbonyl (C=O) groups excluding carboxylic acids is 1.